The van der Waals surface area contributed by atoms with Gasteiger partial charge in [0, 0.05) is 9.61 Å². The van der Waals surface area contributed by atoms with Gasteiger partial charge in [0.15, 0.2) is 0 Å². The van der Waals surface area contributed by atoms with E-state index in [1.165, 1.54) is 4.90 Å². The Hall–Kier alpha value is -1.31. The predicted molar refractivity (Wildman–Crippen MR) is 82.3 cm³/mol. The Kier molecular flexibility index (Phi) is 6.07. The predicted octanol–water partition coefficient (Wildman–Crippen LogP) is 3.01. The van der Waals surface area contributed by atoms with Crippen LogP contribution in [0.3, 0.4) is 0 Å². The first-order valence-electron chi connectivity index (χ1n) is 5.99. The van der Waals surface area contributed by atoms with E-state index < -0.39 is 5.97 Å². The Balaban J connectivity index is 2.82. The van der Waals surface area contributed by atoms with Crippen LogP contribution in [0.1, 0.15) is 20.3 Å². The van der Waals surface area contributed by atoms with E-state index in [0.29, 0.717) is 12.1 Å². The van der Waals surface area contributed by atoms with Gasteiger partial charge in [-0.3, -0.25) is 4.79 Å². The number of carbonyl (C=O) groups excluding carboxylic acids is 1. The van der Waals surface area contributed by atoms with E-state index in [1.807, 2.05) is 32.0 Å². The highest BCUT2D eigenvalue weighted by Crippen LogP contribution is 2.18. The van der Waals surface area contributed by atoms with Crippen LogP contribution in [0.5, 0.6) is 0 Å². The number of halogens is 1. The fraction of sp³-hybridized carbons (Fsp3) is 0.385. The first-order chi connectivity index (χ1) is 8.95. The molecule has 2 N–H and O–H groups in total. The van der Waals surface area contributed by atoms with Gasteiger partial charge in [-0.15, -0.1) is 0 Å². The number of para-hydroxylation sites is 1. The summed E-state index contributed by atoms with van der Waals surface area (Å²) in [6.45, 7) is 3.45. The van der Waals surface area contributed by atoms with Crippen LogP contribution in [0.2, 0.25) is 0 Å². The van der Waals surface area contributed by atoms with Crippen molar-refractivity contribution in [2.75, 3.05) is 11.9 Å². The Bertz CT molecular complexity index is 465. The summed E-state index contributed by atoms with van der Waals surface area (Å²) in [5, 5.41) is 11.6. The number of hydrogen-bond acceptors (Lipinski definition) is 2. The molecule has 1 aromatic rings. The van der Waals surface area contributed by atoms with Gasteiger partial charge in [-0.25, -0.2) is 4.79 Å². The summed E-state index contributed by atoms with van der Waals surface area (Å²) in [6, 6.07) is 6.85. The molecule has 5 nitrogen and oxygen atoms in total. The third-order valence-corrected chi connectivity index (χ3v) is 3.75. The normalized spacial score (nSPS) is 11.7. The van der Waals surface area contributed by atoms with Crippen LogP contribution in [-0.4, -0.2) is 34.6 Å². The number of carboxylic acids is 1. The lowest BCUT2D eigenvalue weighted by Crippen LogP contribution is -2.44. The van der Waals surface area contributed by atoms with Crippen LogP contribution in [0.15, 0.2) is 24.3 Å². The lowest BCUT2D eigenvalue weighted by atomic mass is 10.2. The molecule has 0 saturated heterocycles. The molecule has 0 bridgehead atoms. The molecule has 0 aromatic heterocycles. The van der Waals surface area contributed by atoms with E-state index in [0.717, 1.165) is 3.57 Å². The third kappa shape index (κ3) is 4.70. The van der Waals surface area contributed by atoms with Crippen LogP contribution in [0.4, 0.5) is 10.5 Å². The molecule has 0 aliphatic rings. The monoisotopic (exact) mass is 376 g/mol. The van der Waals surface area contributed by atoms with Crippen molar-refractivity contribution in [3.05, 3.63) is 27.8 Å². The second-order valence-corrected chi connectivity index (χ2v) is 5.35. The van der Waals surface area contributed by atoms with Crippen LogP contribution in [0.25, 0.3) is 0 Å². The second-order valence-electron chi connectivity index (χ2n) is 4.19. The molecule has 0 aliphatic heterocycles. The summed E-state index contributed by atoms with van der Waals surface area (Å²) >= 11 is 2.12. The quantitative estimate of drug-likeness (QED) is 0.777. The van der Waals surface area contributed by atoms with Crippen molar-refractivity contribution < 1.29 is 14.7 Å². The number of aliphatic carboxylic acids is 1. The summed E-state index contributed by atoms with van der Waals surface area (Å²) in [5.41, 5.74) is 0.687. The van der Waals surface area contributed by atoms with Crippen molar-refractivity contribution in [3.8, 4) is 0 Å². The molecule has 1 rings (SSSR count). The fourth-order valence-corrected chi connectivity index (χ4v) is 2.07. The minimum atomic E-state index is -1.02. The van der Waals surface area contributed by atoms with Crippen molar-refractivity contribution in [2.45, 2.75) is 26.3 Å². The van der Waals surface area contributed by atoms with Gasteiger partial charge in [-0.1, -0.05) is 19.1 Å². The van der Waals surface area contributed by atoms with Crippen molar-refractivity contribution in [1.29, 1.82) is 0 Å². The number of benzene rings is 1. The molecular weight excluding hydrogens is 359 g/mol. The zero-order chi connectivity index (χ0) is 14.4. The van der Waals surface area contributed by atoms with Crippen molar-refractivity contribution in [2.24, 2.45) is 0 Å². The van der Waals surface area contributed by atoms with E-state index in [1.54, 1.807) is 6.07 Å². The smallest absolute Gasteiger partial charge is 0.323 e. The first-order valence-corrected chi connectivity index (χ1v) is 7.07. The van der Waals surface area contributed by atoms with Gasteiger partial charge in [0.1, 0.15) is 6.54 Å². The largest absolute Gasteiger partial charge is 0.480 e. The molecule has 0 radical (unpaired) electrons. The molecular formula is C13H17IN2O3. The molecule has 6 heteroatoms. The summed E-state index contributed by atoms with van der Waals surface area (Å²) in [4.78, 5) is 24.3. The van der Waals surface area contributed by atoms with Crippen LogP contribution < -0.4 is 5.32 Å². The number of urea groups is 1. The molecule has 0 fully saturated rings. The average Bonchev–Trinajstić information content (AvgIpc) is 2.37. The second kappa shape index (κ2) is 7.32. The van der Waals surface area contributed by atoms with Crippen LogP contribution in [-0.2, 0) is 4.79 Å². The lowest BCUT2D eigenvalue weighted by molar-refractivity contribution is -0.138. The molecule has 1 unspecified atom stereocenters. The lowest BCUT2D eigenvalue weighted by Gasteiger charge is -2.27. The Morgan fingerprint density at radius 1 is 1.42 bits per heavy atom. The minimum absolute atomic E-state index is 0.127. The Labute approximate surface area is 126 Å². The van der Waals surface area contributed by atoms with E-state index in [4.69, 9.17) is 5.11 Å². The number of carbonyl (C=O) groups is 2. The molecule has 0 aliphatic carbocycles. The molecule has 2 amide bonds. The van der Waals surface area contributed by atoms with E-state index in [2.05, 4.69) is 27.9 Å². The van der Waals surface area contributed by atoms with E-state index >= 15 is 0 Å². The van der Waals surface area contributed by atoms with Crippen molar-refractivity contribution >= 4 is 40.3 Å². The number of nitrogens with one attached hydrogen (secondary N) is 1. The Morgan fingerprint density at radius 2 is 2.05 bits per heavy atom. The molecule has 1 aromatic carbocycles. The van der Waals surface area contributed by atoms with Crippen LogP contribution in [0, 0.1) is 3.57 Å². The average molecular weight is 376 g/mol. The summed E-state index contributed by atoms with van der Waals surface area (Å²) < 4.78 is 0.910. The maximum absolute atomic E-state index is 12.1. The molecule has 0 spiro atoms. The van der Waals surface area contributed by atoms with Gasteiger partial charge in [0.2, 0.25) is 0 Å². The van der Waals surface area contributed by atoms with E-state index in [9.17, 15) is 9.59 Å². The zero-order valence-corrected chi connectivity index (χ0v) is 13.0. The minimum Gasteiger partial charge on any atom is -0.480 e. The van der Waals surface area contributed by atoms with Gasteiger partial charge >= 0.3 is 12.0 Å². The topological polar surface area (TPSA) is 69.6 Å². The van der Waals surface area contributed by atoms with E-state index in [-0.39, 0.29) is 18.6 Å². The highest BCUT2D eigenvalue weighted by atomic mass is 127. The zero-order valence-electron chi connectivity index (χ0n) is 10.9. The maximum Gasteiger partial charge on any atom is 0.323 e. The van der Waals surface area contributed by atoms with Gasteiger partial charge in [-0.2, -0.15) is 0 Å². The number of carboxylic acid groups (broad SMARTS) is 1. The highest BCUT2D eigenvalue weighted by molar-refractivity contribution is 14.1. The first kappa shape index (κ1) is 15.7. The molecule has 19 heavy (non-hydrogen) atoms. The van der Waals surface area contributed by atoms with Crippen molar-refractivity contribution in [1.82, 2.24) is 4.90 Å². The third-order valence-electron chi connectivity index (χ3n) is 2.80. The van der Waals surface area contributed by atoms with Crippen LogP contribution >= 0.6 is 22.6 Å². The summed E-state index contributed by atoms with van der Waals surface area (Å²) in [6.07, 6.45) is 0.701. The van der Waals surface area contributed by atoms with Gasteiger partial charge < -0.3 is 15.3 Å². The number of amides is 2. The summed E-state index contributed by atoms with van der Waals surface area (Å²) in [7, 11) is 0. The molecule has 0 saturated carbocycles. The molecule has 0 heterocycles. The molecule has 1 atom stereocenters. The highest BCUT2D eigenvalue weighted by Gasteiger charge is 2.21. The maximum atomic E-state index is 12.1. The number of nitrogens with zero attached hydrogens (tertiary/aromatic N) is 1. The van der Waals surface area contributed by atoms with Crippen molar-refractivity contribution in [3.63, 3.8) is 0 Å². The number of rotatable bonds is 5. The van der Waals surface area contributed by atoms with Gasteiger partial charge in [-0.05, 0) is 48.1 Å². The van der Waals surface area contributed by atoms with Gasteiger partial charge in [0.05, 0.1) is 5.69 Å². The fourth-order valence-electron chi connectivity index (χ4n) is 1.54. The summed E-state index contributed by atoms with van der Waals surface area (Å²) in [5.74, 6) is -1.02. The standard InChI is InChI=1S/C13H17IN2O3/c1-3-9(2)16(8-12(17)18)13(19)15-11-7-5-4-6-10(11)14/h4-7,9H,3,8H2,1-2H3,(H,15,19)(H,17,18). The SMILES string of the molecule is CCC(C)N(CC(=O)O)C(=O)Nc1ccccc1I. The van der Waals surface area contributed by atoms with Gasteiger partial charge in [0.25, 0.3) is 0 Å². The molecule has 104 valence electrons. The Morgan fingerprint density at radius 3 is 2.58 bits per heavy atom. The number of anilines is 1. The number of hydrogen-bond donors (Lipinski definition) is 2.